The Morgan fingerprint density at radius 3 is 2.61 bits per heavy atom. The lowest BCUT2D eigenvalue weighted by molar-refractivity contribution is -0.117. The summed E-state index contributed by atoms with van der Waals surface area (Å²) < 4.78 is 12.6. The zero-order valence-electron chi connectivity index (χ0n) is 17.3. The van der Waals surface area contributed by atoms with Gasteiger partial charge < -0.3 is 14.8 Å². The number of nitriles is 1. The second-order valence-electron chi connectivity index (χ2n) is 7.30. The molecular formula is C24H24ClIN2O3. The molecule has 162 valence electrons. The van der Waals surface area contributed by atoms with E-state index in [0.29, 0.717) is 35.3 Å². The molecule has 0 aromatic heterocycles. The molecule has 1 N–H and O–H groups in total. The van der Waals surface area contributed by atoms with Gasteiger partial charge in [-0.2, -0.15) is 5.26 Å². The number of nitrogens with zero attached hydrogens (tertiary/aromatic N) is 1. The minimum Gasteiger partial charge on any atom is -0.490 e. The largest absolute Gasteiger partial charge is 0.490 e. The fraction of sp³-hybridized carbons (Fsp3) is 0.333. The van der Waals surface area contributed by atoms with E-state index in [2.05, 4.69) is 27.9 Å². The van der Waals surface area contributed by atoms with Gasteiger partial charge in [0.25, 0.3) is 5.91 Å². The van der Waals surface area contributed by atoms with Crippen LogP contribution in [0.1, 0.15) is 43.7 Å². The van der Waals surface area contributed by atoms with E-state index in [1.54, 1.807) is 12.1 Å². The van der Waals surface area contributed by atoms with Crippen molar-refractivity contribution in [3.05, 3.63) is 61.7 Å². The summed E-state index contributed by atoms with van der Waals surface area (Å²) in [6.07, 6.45) is 5.76. The van der Waals surface area contributed by atoms with Crippen LogP contribution < -0.4 is 14.8 Å². The number of hydrogen-bond donors (Lipinski definition) is 1. The van der Waals surface area contributed by atoms with E-state index in [9.17, 15) is 10.1 Å². The number of carbonyl (C=O) groups excluding carboxylic acids is 1. The van der Waals surface area contributed by atoms with E-state index in [4.69, 9.17) is 21.1 Å². The number of hydrogen-bond acceptors (Lipinski definition) is 4. The number of rotatable bonds is 8. The predicted octanol–water partition coefficient (Wildman–Crippen LogP) is 5.89. The summed E-state index contributed by atoms with van der Waals surface area (Å²) in [5.41, 5.74) is 1.78. The van der Waals surface area contributed by atoms with Gasteiger partial charge in [-0.1, -0.05) is 36.6 Å². The molecule has 1 amide bonds. The Morgan fingerprint density at radius 2 is 1.97 bits per heavy atom. The highest BCUT2D eigenvalue weighted by atomic mass is 127. The van der Waals surface area contributed by atoms with Crippen molar-refractivity contribution in [1.29, 1.82) is 5.26 Å². The van der Waals surface area contributed by atoms with Crippen LogP contribution in [-0.2, 0) is 11.4 Å². The molecule has 0 heterocycles. The molecule has 1 fully saturated rings. The lowest BCUT2D eigenvalue weighted by atomic mass is 10.1. The van der Waals surface area contributed by atoms with Crippen LogP contribution in [0.25, 0.3) is 6.08 Å². The lowest BCUT2D eigenvalue weighted by Gasteiger charge is -2.15. The molecule has 1 saturated carbocycles. The summed E-state index contributed by atoms with van der Waals surface area (Å²) in [6.45, 7) is 2.73. The summed E-state index contributed by atoms with van der Waals surface area (Å²) in [6, 6.07) is 13.3. The zero-order chi connectivity index (χ0) is 22.2. The number of ether oxygens (including phenoxy) is 2. The molecule has 1 aliphatic carbocycles. The van der Waals surface area contributed by atoms with E-state index in [1.807, 2.05) is 43.3 Å². The second-order valence-corrected chi connectivity index (χ2v) is 8.90. The third-order valence-electron chi connectivity index (χ3n) is 4.99. The van der Waals surface area contributed by atoms with Gasteiger partial charge in [-0.15, -0.1) is 0 Å². The molecule has 5 nitrogen and oxygen atoms in total. The van der Waals surface area contributed by atoms with Crippen LogP contribution in [0.5, 0.6) is 11.5 Å². The summed E-state index contributed by atoms with van der Waals surface area (Å²) in [4.78, 5) is 12.5. The molecule has 0 atom stereocenters. The maximum atomic E-state index is 12.5. The standard InChI is InChI=1S/C24H24ClIN2O3/c1-2-30-22-13-17(11-18(14-27)24(29)28-20-5-3-4-6-20)12-21(26)23(22)31-15-16-7-9-19(25)10-8-16/h7-13,20H,2-6,15H2,1H3,(H,28,29)/b18-11-. The Hall–Kier alpha value is -2.24. The molecule has 2 aromatic carbocycles. The number of nitrogens with one attached hydrogen (secondary N) is 1. The lowest BCUT2D eigenvalue weighted by Crippen LogP contribution is -2.33. The van der Waals surface area contributed by atoms with Crippen molar-refractivity contribution in [3.8, 4) is 17.6 Å². The van der Waals surface area contributed by atoms with E-state index in [1.165, 1.54) is 0 Å². The van der Waals surface area contributed by atoms with Gasteiger partial charge in [-0.3, -0.25) is 4.79 Å². The smallest absolute Gasteiger partial charge is 0.262 e. The Bertz CT molecular complexity index is 993. The summed E-state index contributed by atoms with van der Waals surface area (Å²) in [5.74, 6) is 0.872. The van der Waals surface area contributed by atoms with Gasteiger partial charge in [0.15, 0.2) is 11.5 Å². The highest BCUT2D eigenvalue weighted by molar-refractivity contribution is 14.1. The number of amides is 1. The average molecular weight is 551 g/mol. The minimum atomic E-state index is -0.328. The fourth-order valence-electron chi connectivity index (χ4n) is 3.46. The average Bonchev–Trinajstić information content (AvgIpc) is 3.26. The third-order valence-corrected chi connectivity index (χ3v) is 6.05. The van der Waals surface area contributed by atoms with Crippen LogP contribution in [-0.4, -0.2) is 18.6 Å². The molecule has 2 aromatic rings. The Balaban J connectivity index is 1.80. The number of halogens is 2. The van der Waals surface area contributed by atoms with Crippen molar-refractivity contribution in [2.24, 2.45) is 0 Å². The van der Waals surface area contributed by atoms with Gasteiger partial charge in [0.2, 0.25) is 0 Å². The van der Waals surface area contributed by atoms with Crippen molar-refractivity contribution >= 4 is 46.2 Å². The first-order valence-corrected chi connectivity index (χ1v) is 11.7. The maximum absolute atomic E-state index is 12.5. The quantitative estimate of drug-likeness (QED) is 0.253. The van der Waals surface area contributed by atoms with Crippen LogP contribution in [0.4, 0.5) is 0 Å². The normalized spacial score (nSPS) is 14.2. The number of carbonyl (C=O) groups is 1. The van der Waals surface area contributed by atoms with Gasteiger partial charge >= 0.3 is 0 Å². The van der Waals surface area contributed by atoms with E-state index >= 15 is 0 Å². The molecule has 0 aliphatic heterocycles. The van der Waals surface area contributed by atoms with Crippen LogP contribution >= 0.6 is 34.2 Å². The zero-order valence-corrected chi connectivity index (χ0v) is 20.2. The third kappa shape index (κ3) is 6.62. The number of benzene rings is 2. The molecule has 0 bridgehead atoms. The van der Waals surface area contributed by atoms with Gasteiger partial charge in [-0.05, 0) is 83.8 Å². The highest BCUT2D eigenvalue weighted by Crippen LogP contribution is 2.35. The molecular weight excluding hydrogens is 527 g/mol. The SMILES string of the molecule is CCOc1cc(/C=C(/C#N)C(=O)NC2CCCC2)cc(I)c1OCc1ccc(Cl)cc1. The van der Waals surface area contributed by atoms with Crippen molar-refractivity contribution in [1.82, 2.24) is 5.32 Å². The van der Waals surface area contributed by atoms with Gasteiger partial charge in [0, 0.05) is 11.1 Å². The fourth-order valence-corrected chi connectivity index (χ4v) is 4.37. The van der Waals surface area contributed by atoms with Crippen LogP contribution in [0.3, 0.4) is 0 Å². The van der Waals surface area contributed by atoms with Gasteiger partial charge in [-0.25, -0.2) is 0 Å². The monoisotopic (exact) mass is 550 g/mol. The first-order valence-electron chi connectivity index (χ1n) is 10.3. The first kappa shape index (κ1) is 23.4. The van der Waals surface area contributed by atoms with Gasteiger partial charge in [0.1, 0.15) is 18.2 Å². The summed E-state index contributed by atoms with van der Waals surface area (Å²) in [5, 5.41) is 13.1. The molecule has 3 rings (SSSR count). The van der Waals surface area contributed by atoms with Crippen LogP contribution in [0.15, 0.2) is 42.0 Å². The van der Waals surface area contributed by atoms with Crippen LogP contribution in [0, 0.1) is 14.9 Å². The first-order chi connectivity index (χ1) is 15.0. The Labute approximate surface area is 201 Å². The Morgan fingerprint density at radius 1 is 1.26 bits per heavy atom. The molecule has 7 heteroatoms. The van der Waals surface area contributed by atoms with Crippen molar-refractivity contribution in [2.45, 2.75) is 45.3 Å². The van der Waals surface area contributed by atoms with Crippen LogP contribution in [0.2, 0.25) is 5.02 Å². The van der Waals surface area contributed by atoms with Gasteiger partial charge in [0.05, 0.1) is 10.2 Å². The molecule has 0 radical (unpaired) electrons. The second kappa shape index (κ2) is 11.4. The molecule has 0 spiro atoms. The van der Waals surface area contributed by atoms with Crippen molar-refractivity contribution in [3.63, 3.8) is 0 Å². The molecule has 0 unspecified atom stereocenters. The molecule has 31 heavy (non-hydrogen) atoms. The topological polar surface area (TPSA) is 71.3 Å². The molecule has 0 saturated heterocycles. The van der Waals surface area contributed by atoms with E-state index < -0.39 is 0 Å². The Kier molecular flexibility index (Phi) is 8.61. The summed E-state index contributed by atoms with van der Waals surface area (Å²) >= 11 is 8.12. The highest BCUT2D eigenvalue weighted by Gasteiger charge is 2.20. The maximum Gasteiger partial charge on any atom is 0.262 e. The van der Waals surface area contributed by atoms with E-state index in [0.717, 1.165) is 34.8 Å². The van der Waals surface area contributed by atoms with E-state index in [-0.39, 0.29) is 17.5 Å². The van der Waals surface area contributed by atoms with Crippen molar-refractivity contribution < 1.29 is 14.3 Å². The van der Waals surface area contributed by atoms with Crippen molar-refractivity contribution in [2.75, 3.05) is 6.61 Å². The molecule has 1 aliphatic rings. The summed E-state index contributed by atoms with van der Waals surface area (Å²) in [7, 11) is 0. The predicted molar refractivity (Wildman–Crippen MR) is 130 cm³/mol. The minimum absolute atomic E-state index is 0.0833.